The van der Waals surface area contributed by atoms with Crippen LogP contribution in [-0.4, -0.2) is 29.8 Å². The summed E-state index contributed by atoms with van der Waals surface area (Å²) in [5, 5.41) is 3.87. The van der Waals surface area contributed by atoms with Crippen LogP contribution in [0.4, 0.5) is 5.69 Å². The average Bonchev–Trinajstić information content (AvgIpc) is 2.95. The molecule has 1 aliphatic carbocycles. The van der Waals surface area contributed by atoms with Gasteiger partial charge in [-0.1, -0.05) is 12.1 Å². The molecule has 0 amide bonds. The molecule has 4 rings (SSSR count). The van der Waals surface area contributed by atoms with Gasteiger partial charge in [-0.05, 0) is 67.9 Å². The van der Waals surface area contributed by atoms with Crippen LogP contribution in [-0.2, 0) is 17.6 Å². The highest BCUT2D eigenvalue weighted by Gasteiger charge is 2.40. The van der Waals surface area contributed by atoms with E-state index in [9.17, 15) is 0 Å². The number of hydrogen-bond donors (Lipinski definition) is 1. The predicted octanol–water partition coefficient (Wildman–Crippen LogP) is 4.03. The van der Waals surface area contributed by atoms with Crippen molar-refractivity contribution in [1.82, 2.24) is 0 Å². The molecule has 0 saturated carbocycles. The maximum atomic E-state index is 6.15. The van der Waals surface area contributed by atoms with Gasteiger partial charge in [0.1, 0.15) is 0 Å². The van der Waals surface area contributed by atoms with Crippen LogP contribution in [0, 0.1) is 0 Å². The van der Waals surface area contributed by atoms with E-state index in [0.29, 0.717) is 6.04 Å². The molecule has 0 aromatic heterocycles. The van der Waals surface area contributed by atoms with Crippen molar-refractivity contribution >= 4 is 17.4 Å². The highest BCUT2D eigenvalue weighted by molar-refractivity contribution is 7.99. The molecular weight excluding hydrogens is 278 g/mol. The zero-order valence-corrected chi connectivity index (χ0v) is 13.5. The summed E-state index contributed by atoms with van der Waals surface area (Å²) in [6, 6.07) is 7.42. The number of hydrogen-bond acceptors (Lipinski definition) is 3. The molecule has 2 unspecified atom stereocenters. The Morgan fingerprint density at radius 3 is 3.10 bits per heavy atom. The number of rotatable bonds is 2. The van der Waals surface area contributed by atoms with Gasteiger partial charge in [-0.25, -0.2) is 0 Å². The SMILES string of the molecule is c1cc2c(c(NC3CCOC4(CCSC4)C3)c1)CCCC2. The molecule has 2 aliphatic heterocycles. The third-order valence-corrected chi connectivity index (χ3v) is 6.54. The Hall–Kier alpha value is -0.670. The van der Waals surface area contributed by atoms with Gasteiger partial charge in [0.2, 0.25) is 0 Å². The Morgan fingerprint density at radius 1 is 1.24 bits per heavy atom. The lowest BCUT2D eigenvalue weighted by Gasteiger charge is -2.39. The van der Waals surface area contributed by atoms with Crippen molar-refractivity contribution < 1.29 is 4.74 Å². The molecule has 1 aromatic rings. The summed E-state index contributed by atoms with van der Waals surface area (Å²) >= 11 is 2.06. The standard InChI is InChI=1S/C18H25NOS/c1-2-6-16-14(4-1)5-3-7-17(16)19-15-8-10-20-18(12-15)9-11-21-13-18/h3,5,7,15,19H,1-2,4,6,8-13H2. The Morgan fingerprint density at radius 2 is 2.19 bits per heavy atom. The maximum absolute atomic E-state index is 6.15. The van der Waals surface area contributed by atoms with Crippen molar-refractivity contribution in [1.29, 1.82) is 0 Å². The minimum absolute atomic E-state index is 0.176. The second-order valence-corrected chi connectivity index (χ2v) is 7.92. The van der Waals surface area contributed by atoms with Gasteiger partial charge in [-0.15, -0.1) is 0 Å². The van der Waals surface area contributed by atoms with Crippen LogP contribution in [0.25, 0.3) is 0 Å². The summed E-state index contributed by atoms with van der Waals surface area (Å²) in [6.07, 6.45) is 8.79. The minimum atomic E-state index is 0.176. The zero-order valence-electron chi connectivity index (χ0n) is 12.7. The number of thioether (sulfide) groups is 1. The van der Waals surface area contributed by atoms with Gasteiger partial charge in [0.05, 0.1) is 5.60 Å². The number of nitrogens with one attached hydrogen (secondary N) is 1. The smallest absolute Gasteiger partial charge is 0.0799 e. The van der Waals surface area contributed by atoms with Crippen LogP contribution in [0.2, 0.25) is 0 Å². The number of anilines is 1. The summed E-state index contributed by atoms with van der Waals surface area (Å²) in [6.45, 7) is 0.924. The second kappa shape index (κ2) is 5.85. The first kappa shape index (κ1) is 14.0. The van der Waals surface area contributed by atoms with Crippen molar-refractivity contribution in [2.45, 2.75) is 56.6 Å². The number of fused-ring (bicyclic) bond motifs is 1. The molecule has 0 bridgehead atoms. The van der Waals surface area contributed by atoms with Gasteiger partial charge in [-0.3, -0.25) is 0 Å². The molecule has 1 spiro atoms. The summed E-state index contributed by atoms with van der Waals surface area (Å²) in [4.78, 5) is 0. The number of benzene rings is 1. The van der Waals surface area contributed by atoms with Gasteiger partial charge in [0.25, 0.3) is 0 Å². The number of aryl methyl sites for hydroxylation is 1. The van der Waals surface area contributed by atoms with Gasteiger partial charge in [0, 0.05) is 24.1 Å². The third-order valence-electron chi connectivity index (χ3n) is 5.32. The van der Waals surface area contributed by atoms with Crippen molar-refractivity contribution in [3.8, 4) is 0 Å². The van der Waals surface area contributed by atoms with Gasteiger partial charge >= 0.3 is 0 Å². The molecule has 1 N–H and O–H groups in total. The van der Waals surface area contributed by atoms with Crippen molar-refractivity contribution in [2.75, 3.05) is 23.4 Å². The molecule has 0 radical (unpaired) electrons. The first-order chi connectivity index (χ1) is 10.3. The van der Waals surface area contributed by atoms with Crippen LogP contribution < -0.4 is 5.32 Å². The lowest BCUT2D eigenvalue weighted by atomic mass is 9.88. The van der Waals surface area contributed by atoms with Crippen LogP contribution in [0.5, 0.6) is 0 Å². The van der Waals surface area contributed by atoms with Crippen LogP contribution >= 0.6 is 11.8 Å². The average molecular weight is 303 g/mol. The molecular formula is C18H25NOS. The summed E-state index contributed by atoms with van der Waals surface area (Å²) in [5.74, 6) is 2.46. The normalized spacial score (nSPS) is 32.1. The predicted molar refractivity (Wildman–Crippen MR) is 90.4 cm³/mol. The number of ether oxygens (including phenoxy) is 1. The molecule has 114 valence electrons. The van der Waals surface area contributed by atoms with E-state index in [4.69, 9.17) is 4.74 Å². The Balaban J connectivity index is 1.51. The highest BCUT2D eigenvalue weighted by Crippen LogP contribution is 2.39. The lowest BCUT2D eigenvalue weighted by Crippen LogP contribution is -2.44. The molecule has 1 aromatic carbocycles. The quantitative estimate of drug-likeness (QED) is 0.891. The van der Waals surface area contributed by atoms with E-state index < -0.39 is 0 Å². The van der Waals surface area contributed by atoms with Gasteiger partial charge in [-0.2, -0.15) is 11.8 Å². The van der Waals surface area contributed by atoms with Crippen molar-refractivity contribution in [3.05, 3.63) is 29.3 Å². The van der Waals surface area contributed by atoms with Gasteiger partial charge < -0.3 is 10.1 Å². The van der Waals surface area contributed by atoms with E-state index >= 15 is 0 Å². The van der Waals surface area contributed by atoms with Crippen LogP contribution in [0.1, 0.15) is 43.2 Å². The van der Waals surface area contributed by atoms with Crippen molar-refractivity contribution in [2.24, 2.45) is 0 Å². The fourth-order valence-electron chi connectivity index (χ4n) is 4.15. The Kier molecular flexibility index (Phi) is 3.89. The molecule has 2 atom stereocenters. The minimum Gasteiger partial charge on any atom is -0.382 e. The van der Waals surface area contributed by atoms with Crippen LogP contribution in [0.15, 0.2) is 18.2 Å². The third kappa shape index (κ3) is 2.83. The van der Waals surface area contributed by atoms with E-state index in [-0.39, 0.29) is 5.60 Å². The second-order valence-electron chi connectivity index (χ2n) is 6.82. The Labute approximate surface area is 132 Å². The first-order valence-electron chi connectivity index (χ1n) is 8.44. The first-order valence-corrected chi connectivity index (χ1v) is 9.59. The zero-order chi connectivity index (χ0) is 14.1. The highest BCUT2D eigenvalue weighted by atomic mass is 32.2. The van der Waals surface area contributed by atoms with Crippen molar-refractivity contribution in [3.63, 3.8) is 0 Å². The maximum Gasteiger partial charge on any atom is 0.0799 e. The molecule has 3 heteroatoms. The molecule has 2 nitrogen and oxygen atoms in total. The summed E-state index contributed by atoms with van der Waals surface area (Å²) in [5.41, 5.74) is 4.74. The lowest BCUT2D eigenvalue weighted by molar-refractivity contribution is -0.0628. The largest absolute Gasteiger partial charge is 0.382 e. The molecule has 2 fully saturated rings. The summed E-state index contributed by atoms with van der Waals surface area (Å²) in [7, 11) is 0. The van der Waals surface area contributed by atoms with Crippen LogP contribution in [0.3, 0.4) is 0 Å². The van der Waals surface area contributed by atoms with E-state index in [1.54, 1.807) is 11.1 Å². The molecule has 2 heterocycles. The molecule has 2 saturated heterocycles. The van der Waals surface area contributed by atoms with E-state index in [0.717, 1.165) is 13.0 Å². The fourth-order valence-corrected chi connectivity index (χ4v) is 5.53. The van der Waals surface area contributed by atoms with E-state index in [2.05, 4.69) is 35.3 Å². The van der Waals surface area contributed by atoms with Gasteiger partial charge in [0.15, 0.2) is 0 Å². The topological polar surface area (TPSA) is 21.3 Å². The monoisotopic (exact) mass is 303 g/mol. The Bertz CT molecular complexity index is 510. The molecule has 21 heavy (non-hydrogen) atoms. The molecule has 3 aliphatic rings. The summed E-state index contributed by atoms with van der Waals surface area (Å²) < 4.78 is 6.15. The van der Waals surface area contributed by atoms with E-state index in [1.807, 2.05) is 0 Å². The van der Waals surface area contributed by atoms with E-state index in [1.165, 1.54) is 55.7 Å². The fraction of sp³-hybridized carbons (Fsp3) is 0.667.